The van der Waals surface area contributed by atoms with Gasteiger partial charge in [-0.1, -0.05) is 40.5 Å². The van der Waals surface area contributed by atoms with Crippen LogP contribution in [-0.4, -0.2) is 17.4 Å². The number of carbonyl (C=O) groups excluding carboxylic acids is 1. The van der Waals surface area contributed by atoms with E-state index in [1.54, 1.807) is 17.3 Å². The van der Waals surface area contributed by atoms with Gasteiger partial charge in [0.2, 0.25) is 5.91 Å². The smallest absolute Gasteiger partial charge is 0.227 e. The molecule has 0 atom stereocenters. The molecular formula is C15H26N2O. The molecule has 1 aromatic rings. The molecule has 102 valence electrons. The predicted molar refractivity (Wildman–Crippen MR) is 77.8 cm³/mol. The van der Waals surface area contributed by atoms with Crippen LogP contribution in [0.25, 0.3) is 0 Å². The summed E-state index contributed by atoms with van der Waals surface area (Å²) in [6.45, 7) is 9.20. The van der Waals surface area contributed by atoms with E-state index < -0.39 is 0 Å². The molecule has 1 aromatic heterocycles. The van der Waals surface area contributed by atoms with Crippen molar-refractivity contribution in [1.29, 1.82) is 0 Å². The first-order valence-electron chi connectivity index (χ1n) is 7.00. The molecule has 3 heteroatoms. The van der Waals surface area contributed by atoms with Crippen LogP contribution in [0.1, 0.15) is 53.4 Å². The number of hydrogen-bond donors (Lipinski definition) is 0. The summed E-state index contributed by atoms with van der Waals surface area (Å²) in [5.41, 5.74) is 0.917. The zero-order valence-electron chi connectivity index (χ0n) is 12.1. The van der Waals surface area contributed by atoms with Gasteiger partial charge in [-0.3, -0.25) is 9.78 Å². The second kappa shape index (κ2) is 10.8. The Labute approximate surface area is 111 Å². The Morgan fingerprint density at radius 3 is 2.33 bits per heavy atom. The molecule has 2 rings (SSSR count). The second-order valence-corrected chi connectivity index (χ2v) is 3.86. The highest BCUT2D eigenvalue weighted by molar-refractivity contribution is 5.95. The molecule has 0 radical (unpaired) electrons. The molecule has 1 amide bonds. The fourth-order valence-corrected chi connectivity index (χ4v) is 1.43. The van der Waals surface area contributed by atoms with Gasteiger partial charge in [0.15, 0.2) is 0 Å². The highest BCUT2D eigenvalue weighted by Crippen LogP contribution is 2.19. The summed E-state index contributed by atoms with van der Waals surface area (Å²) < 4.78 is 0. The second-order valence-electron chi connectivity index (χ2n) is 3.86. The van der Waals surface area contributed by atoms with E-state index in [4.69, 9.17) is 0 Å². The first-order chi connectivity index (χ1) is 8.79. The van der Waals surface area contributed by atoms with E-state index in [0.29, 0.717) is 6.42 Å². The Hall–Kier alpha value is -1.38. The molecule has 0 saturated carbocycles. The Kier molecular flexibility index (Phi) is 9.93. The highest BCUT2D eigenvalue weighted by Gasteiger charge is 2.21. The van der Waals surface area contributed by atoms with Crippen molar-refractivity contribution >= 4 is 11.6 Å². The van der Waals surface area contributed by atoms with E-state index in [1.165, 1.54) is 12.8 Å². The van der Waals surface area contributed by atoms with Gasteiger partial charge in [-0.25, -0.2) is 0 Å². The molecule has 3 nitrogen and oxygen atoms in total. The molecular weight excluding hydrogens is 224 g/mol. The molecule has 18 heavy (non-hydrogen) atoms. The number of anilines is 1. The zero-order valence-corrected chi connectivity index (χ0v) is 12.1. The number of carbonyl (C=O) groups is 1. The van der Waals surface area contributed by atoms with Crippen molar-refractivity contribution in [2.75, 3.05) is 11.4 Å². The predicted octanol–water partition coefficient (Wildman–Crippen LogP) is 4.04. The minimum atomic E-state index is 0.211. The first kappa shape index (κ1) is 16.6. The van der Waals surface area contributed by atoms with Gasteiger partial charge in [-0.05, 0) is 18.6 Å². The van der Waals surface area contributed by atoms with Crippen LogP contribution >= 0.6 is 0 Å². The fraction of sp³-hybridized carbons (Fsp3) is 0.600. The molecule has 1 fully saturated rings. The van der Waals surface area contributed by atoms with E-state index in [9.17, 15) is 4.79 Å². The summed E-state index contributed by atoms with van der Waals surface area (Å²) in [5, 5.41) is 0. The van der Waals surface area contributed by atoms with E-state index in [0.717, 1.165) is 18.7 Å². The average Bonchev–Trinajstić information content (AvgIpc) is 2.88. The Balaban J connectivity index is 0.000000415. The largest absolute Gasteiger partial charge is 0.311 e. The Morgan fingerprint density at radius 2 is 1.94 bits per heavy atom. The van der Waals surface area contributed by atoms with Crippen LogP contribution in [0.2, 0.25) is 0 Å². The molecule has 1 aliphatic heterocycles. The van der Waals surface area contributed by atoms with E-state index >= 15 is 0 Å². The number of pyridine rings is 1. The maximum Gasteiger partial charge on any atom is 0.227 e. The molecule has 0 aromatic carbocycles. The van der Waals surface area contributed by atoms with Crippen molar-refractivity contribution in [1.82, 2.24) is 4.98 Å². The van der Waals surface area contributed by atoms with Crippen molar-refractivity contribution in [3.63, 3.8) is 0 Å². The van der Waals surface area contributed by atoms with Gasteiger partial charge in [0, 0.05) is 19.2 Å². The molecule has 0 unspecified atom stereocenters. The van der Waals surface area contributed by atoms with E-state index in [-0.39, 0.29) is 5.91 Å². The maximum absolute atomic E-state index is 11.3. The number of aromatic nitrogens is 1. The monoisotopic (exact) mass is 250 g/mol. The van der Waals surface area contributed by atoms with Gasteiger partial charge in [0.1, 0.15) is 0 Å². The molecule has 2 heterocycles. The van der Waals surface area contributed by atoms with Gasteiger partial charge in [-0.15, -0.1) is 0 Å². The van der Waals surface area contributed by atoms with Crippen LogP contribution in [0.4, 0.5) is 5.69 Å². The third-order valence-corrected chi connectivity index (χ3v) is 2.53. The standard InChI is InChI=1S/C9H10N2O.C4H10.C2H6/c12-9-4-2-6-11(9)8-3-1-5-10-7-8;1-3-4-2;1-2/h1,3,5,7H,2,4,6H2;3-4H2,1-2H3;1-2H3. The molecule has 1 aliphatic rings. The lowest BCUT2D eigenvalue weighted by molar-refractivity contribution is -0.117. The lowest BCUT2D eigenvalue weighted by Crippen LogP contribution is -2.23. The van der Waals surface area contributed by atoms with Crippen molar-refractivity contribution in [2.24, 2.45) is 0 Å². The normalized spacial score (nSPS) is 13.3. The summed E-state index contributed by atoms with van der Waals surface area (Å²) in [4.78, 5) is 17.0. The SMILES string of the molecule is CC.CCCC.O=C1CCCN1c1cccnc1. The van der Waals surface area contributed by atoms with Crippen LogP contribution < -0.4 is 4.90 Å². The van der Waals surface area contributed by atoms with Crippen molar-refractivity contribution in [3.05, 3.63) is 24.5 Å². The molecule has 0 N–H and O–H groups in total. The number of unbranched alkanes of at least 4 members (excludes halogenated alkanes) is 1. The summed E-state index contributed by atoms with van der Waals surface area (Å²) in [5.74, 6) is 0.211. The molecule has 0 aliphatic carbocycles. The lowest BCUT2D eigenvalue weighted by atomic mass is 10.4. The Bertz CT molecular complexity index is 310. The third kappa shape index (κ3) is 5.80. The fourth-order valence-electron chi connectivity index (χ4n) is 1.43. The molecule has 0 bridgehead atoms. The van der Waals surface area contributed by atoms with Crippen LogP contribution in [0, 0.1) is 0 Å². The minimum absolute atomic E-state index is 0.211. The van der Waals surface area contributed by atoms with E-state index in [2.05, 4.69) is 18.8 Å². The summed E-state index contributed by atoms with van der Waals surface area (Å²) in [6.07, 6.45) is 7.72. The van der Waals surface area contributed by atoms with Gasteiger partial charge >= 0.3 is 0 Å². The zero-order chi connectivity index (χ0) is 13.8. The third-order valence-electron chi connectivity index (χ3n) is 2.53. The highest BCUT2D eigenvalue weighted by atomic mass is 16.2. The summed E-state index contributed by atoms with van der Waals surface area (Å²) >= 11 is 0. The van der Waals surface area contributed by atoms with Crippen LogP contribution in [0.5, 0.6) is 0 Å². The molecule has 0 spiro atoms. The maximum atomic E-state index is 11.3. The van der Waals surface area contributed by atoms with Crippen LogP contribution in [-0.2, 0) is 4.79 Å². The van der Waals surface area contributed by atoms with Gasteiger partial charge in [0.25, 0.3) is 0 Å². The van der Waals surface area contributed by atoms with Crippen molar-refractivity contribution < 1.29 is 4.79 Å². The van der Waals surface area contributed by atoms with Crippen LogP contribution in [0.15, 0.2) is 24.5 Å². The number of rotatable bonds is 2. The topological polar surface area (TPSA) is 33.2 Å². The molecule has 1 saturated heterocycles. The van der Waals surface area contributed by atoms with Gasteiger partial charge < -0.3 is 4.90 Å². The number of nitrogens with zero attached hydrogens (tertiary/aromatic N) is 2. The average molecular weight is 250 g/mol. The van der Waals surface area contributed by atoms with Crippen molar-refractivity contribution in [2.45, 2.75) is 53.4 Å². The number of amides is 1. The lowest BCUT2D eigenvalue weighted by Gasteiger charge is -2.13. The van der Waals surface area contributed by atoms with Gasteiger partial charge in [0.05, 0.1) is 11.9 Å². The van der Waals surface area contributed by atoms with Crippen LogP contribution in [0.3, 0.4) is 0 Å². The van der Waals surface area contributed by atoms with Crippen molar-refractivity contribution in [3.8, 4) is 0 Å². The minimum Gasteiger partial charge on any atom is -0.311 e. The number of hydrogen-bond acceptors (Lipinski definition) is 2. The summed E-state index contributed by atoms with van der Waals surface area (Å²) in [7, 11) is 0. The van der Waals surface area contributed by atoms with E-state index in [1.807, 2.05) is 26.0 Å². The van der Waals surface area contributed by atoms with Gasteiger partial charge in [-0.2, -0.15) is 0 Å². The summed E-state index contributed by atoms with van der Waals surface area (Å²) in [6, 6.07) is 3.76. The Morgan fingerprint density at radius 1 is 1.28 bits per heavy atom. The first-order valence-corrected chi connectivity index (χ1v) is 7.00. The quantitative estimate of drug-likeness (QED) is 0.793.